The summed E-state index contributed by atoms with van der Waals surface area (Å²) in [5.74, 6) is -1.08. The summed E-state index contributed by atoms with van der Waals surface area (Å²) in [6.07, 6.45) is 0. The number of hydrogen-bond donors (Lipinski definition) is 2. The van der Waals surface area contributed by atoms with Gasteiger partial charge in [-0.3, -0.25) is 4.79 Å². The predicted octanol–water partition coefficient (Wildman–Crippen LogP) is 0.567. The lowest BCUT2D eigenvalue weighted by atomic mass is 10.1. The Bertz CT molecular complexity index is 436. The van der Waals surface area contributed by atoms with Gasteiger partial charge in [0.15, 0.2) is 6.04 Å². The van der Waals surface area contributed by atoms with E-state index in [1.807, 2.05) is 19.9 Å². The van der Waals surface area contributed by atoms with E-state index in [0.29, 0.717) is 5.56 Å². The molecule has 0 saturated carbocycles. The van der Waals surface area contributed by atoms with Crippen molar-refractivity contribution in [3.05, 3.63) is 34.9 Å². The van der Waals surface area contributed by atoms with Gasteiger partial charge in [0, 0.05) is 5.56 Å². The summed E-state index contributed by atoms with van der Waals surface area (Å²) < 4.78 is 4.47. The number of esters is 1. The van der Waals surface area contributed by atoms with Crippen molar-refractivity contribution in [2.24, 2.45) is 0 Å². The Morgan fingerprint density at radius 1 is 1.28 bits per heavy atom. The second-order valence-corrected chi connectivity index (χ2v) is 4.11. The standard InChI is InChI=1S/C13H17NO4/c1-8-4-9(2)6-10(5-8)12(16)14-11(7-15)13(17)18-3/h4-6,11,15H,7H2,1-3H3,(H,14,16)/t11-/m0/s1. The van der Waals surface area contributed by atoms with Gasteiger partial charge in [-0.2, -0.15) is 0 Å². The van der Waals surface area contributed by atoms with Crippen molar-refractivity contribution in [3.63, 3.8) is 0 Å². The van der Waals surface area contributed by atoms with E-state index in [9.17, 15) is 9.59 Å². The molecule has 0 spiro atoms. The molecule has 5 heteroatoms. The molecule has 1 amide bonds. The normalized spacial score (nSPS) is 11.8. The van der Waals surface area contributed by atoms with E-state index in [0.717, 1.165) is 11.1 Å². The number of aliphatic hydroxyl groups excluding tert-OH is 1. The second kappa shape index (κ2) is 6.16. The van der Waals surface area contributed by atoms with Crippen LogP contribution in [0.4, 0.5) is 0 Å². The molecule has 5 nitrogen and oxygen atoms in total. The zero-order chi connectivity index (χ0) is 13.7. The first kappa shape index (κ1) is 14.2. The van der Waals surface area contributed by atoms with Crippen molar-refractivity contribution < 1.29 is 19.4 Å². The number of benzene rings is 1. The molecule has 0 fully saturated rings. The van der Waals surface area contributed by atoms with Gasteiger partial charge in [0.2, 0.25) is 0 Å². The summed E-state index contributed by atoms with van der Waals surface area (Å²) in [5.41, 5.74) is 2.37. The number of ether oxygens (including phenoxy) is 1. The fourth-order valence-corrected chi connectivity index (χ4v) is 1.67. The SMILES string of the molecule is COC(=O)[C@H](CO)NC(=O)c1cc(C)cc(C)c1. The molecule has 98 valence electrons. The lowest BCUT2D eigenvalue weighted by molar-refractivity contribution is -0.143. The highest BCUT2D eigenvalue weighted by atomic mass is 16.5. The molecule has 0 aliphatic rings. The molecule has 1 atom stereocenters. The number of rotatable bonds is 4. The van der Waals surface area contributed by atoms with E-state index < -0.39 is 24.5 Å². The van der Waals surface area contributed by atoms with Gasteiger partial charge in [-0.25, -0.2) is 4.79 Å². The van der Waals surface area contributed by atoms with E-state index in [1.54, 1.807) is 12.1 Å². The Morgan fingerprint density at radius 3 is 2.28 bits per heavy atom. The van der Waals surface area contributed by atoms with Crippen LogP contribution in [0.1, 0.15) is 21.5 Å². The van der Waals surface area contributed by atoms with Crippen LogP contribution in [-0.4, -0.2) is 36.7 Å². The van der Waals surface area contributed by atoms with Gasteiger partial charge in [-0.1, -0.05) is 17.2 Å². The van der Waals surface area contributed by atoms with Crippen LogP contribution in [0.25, 0.3) is 0 Å². The third-order valence-electron chi connectivity index (χ3n) is 2.46. The second-order valence-electron chi connectivity index (χ2n) is 4.11. The molecule has 1 aromatic rings. The minimum atomic E-state index is -1.04. The number of amides is 1. The summed E-state index contributed by atoms with van der Waals surface area (Å²) in [6.45, 7) is 3.27. The van der Waals surface area contributed by atoms with Crippen molar-refractivity contribution in [3.8, 4) is 0 Å². The number of carbonyl (C=O) groups is 2. The third-order valence-corrected chi connectivity index (χ3v) is 2.46. The molecule has 0 aromatic heterocycles. The van der Waals surface area contributed by atoms with Gasteiger partial charge in [0.1, 0.15) is 0 Å². The predicted molar refractivity (Wildman–Crippen MR) is 66.3 cm³/mol. The fourth-order valence-electron chi connectivity index (χ4n) is 1.67. The minimum absolute atomic E-state index is 0.411. The molecule has 0 bridgehead atoms. The smallest absolute Gasteiger partial charge is 0.330 e. The van der Waals surface area contributed by atoms with Crippen molar-refractivity contribution in [1.82, 2.24) is 5.32 Å². The summed E-state index contributed by atoms with van der Waals surface area (Å²) in [6, 6.07) is 4.34. The van der Waals surface area contributed by atoms with Crippen molar-refractivity contribution in [1.29, 1.82) is 0 Å². The Balaban J connectivity index is 2.84. The van der Waals surface area contributed by atoms with E-state index >= 15 is 0 Å². The minimum Gasteiger partial charge on any atom is -0.467 e. The fraction of sp³-hybridized carbons (Fsp3) is 0.385. The molecule has 18 heavy (non-hydrogen) atoms. The molecule has 0 heterocycles. The maximum atomic E-state index is 11.9. The lowest BCUT2D eigenvalue weighted by Crippen LogP contribution is -2.44. The Kier molecular flexibility index (Phi) is 4.85. The van der Waals surface area contributed by atoms with Crippen LogP contribution in [0.2, 0.25) is 0 Å². The zero-order valence-electron chi connectivity index (χ0n) is 10.7. The highest BCUT2D eigenvalue weighted by molar-refractivity contribution is 5.97. The van der Waals surface area contributed by atoms with Crippen LogP contribution < -0.4 is 5.32 Å². The van der Waals surface area contributed by atoms with E-state index in [4.69, 9.17) is 5.11 Å². The first-order valence-electron chi connectivity index (χ1n) is 5.55. The number of aliphatic hydroxyl groups is 1. The molecule has 0 aliphatic heterocycles. The summed E-state index contributed by atoms with van der Waals surface area (Å²) in [5, 5.41) is 11.4. The monoisotopic (exact) mass is 251 g/mol. The number of nitrogens with one attached hydrogen (secondary N) is 1. The Morgan fingerprint density at radius 2 is 1.83 bits per heavy atom. The number of hydrogen-bond acceptors (Lipinski definition) is 4. The average Bonchev–Trinajstić information content (AvgIpc) is 2.33. The van der Waals surface area contributed by atoms with Crippen molar-refractivity contribution in [2.45, 2.75) is 19.9 Å². The quantitative estimate of drug-likeness (QED) is 0.767. The molecule has 0 unspecified atom stereocenters. The molecule has 1 aromatic carbocycles. The van der Waals surface area contributed by atoms with Gasteiger partial charge in [-0.15, -0.1) is 0 Å². The van der Waals surface area contributed by atoms with Crippen molar-refractivity contribution >= 4 is 11.9 Å². The summed E-state index contributed by atoms with van der Waals surface area (Å²) in [7, 11) is 1.20. The van der Waals surface area contributed by atoms with Gasteiger partial charge in [0.25, 0.3) is 5.91 Å². The first-order chi connectivity index (χ1) is 8.47. The molecule has 0 radical (unpaired) electrons. The van der Waals surface area contributed by atoms with Crippen LogP contribution >= 0.6 is 0 Å². The number of methoxy groups -OCH3 is 1. The Hall–Kier alpha value is -1.88. The van der Waals surface area contributed by atoms with Crippen LogP contribution in [0.5, 0.6) is 0 Å². The number of carbonyl (C=O) groups excluding carboxylic acids is 2. The molecule has 1 rings (SSSR count). The van der Waals surface area contributed by atoms with Gasteiger partial charge in [0.05, 0.1) is 13.7 Å². The topological polar surface area (TPSA) is 75.6 Å². The van der Waals surface area contributed by atoms with Crippen molar-refractivity contribution in [2.75, 3.05) is 13.7 Å². The maximum absolute atomic E-state index is 11.9. The van der Waals surface area contributed by atoms with E-state index in [1.165, 1.54) is 7.11 Å². The third kappa shape index (κ3) is 3.56. The Labute approximate surface area is 106 Å². The lowest BCUT2D eigenvalue weighted by Gasteiger charge is -2.14. The molecule has 0 aliphatic carbocycles. The summed E-state index contributed by atoms with van der Waals surface area (Å²) in [4.78, 5) is 23.2. The molecular formula is C13H17NO4. The molecular weight excluding hydrogens is 234 g/mol. The maximum Gasteiger partial charge on any atom is 0.330 e. The van der Waals surface area contributed by atoms with Gasteiger partial charge in [-0.05, 0) is 26.0 Å². The van der Waals surface area contributed by atoms with Gasteiger partial charge >= 0.3 is 5.97 Å². The van der Waals surface area contributed by atoms with Crippen LogP contribution in [-0.2, 0) is 9.53 Å². The molecule has 2 N–H and O–H groups in total. The highest BCUT2D eigenvalue weighted by Gasteiger charge is 2.21. The average molecular weight is 251 g/mol. The highest BCUT2D eigenvalue weighted by Crippen LogP contribution is 2.09. The van der Waals surface area contributed by atoms with E-state index in [-0.39, 0.29) is 0 Å². The summed E-state index contributed by atoms with van der Waals surface area (Å²) >= 11 is 0. The van der Waals surface area contributed by atoms with Gasteiger partial charge < -0.3 is 15.2 Å². The van der Waals surface area contributed by atoms with Crippen LogP contribution in [0.3, 0.4) is 0 Å². The number of aryl methyl sites for hydroxylation is 2. The van der Waals surface area contributed by atoms with E-state index in [2.05, 4.69) is 10.1 Å². The molecule has 0 saturated heterocycles. The van der Waals surface area contributed by atoms with Crippen LogP contribution in [0.15, 0.2) is 18.2 Å². The van der Waals surface area contributed by atoms with Crippen LogP contribution in [0, 0.1) is 13.8 Å². The largest absolute Gasteiger partial charge is 0.467 e. The zero-order valence-corrected chi connectivity index (χ0v) is 10.7. The first-order valence-corrected chi connectivity index (χ1v) is 5.55.